The molecule has 0 saturated heterocycles. The lowest BCUT2D eigenvalue weighted by Crippen LogP contribution is -2.36. The fourth-order valence-electron chi connectivity index (χ4n) is 1.57. The number of hydrogen-bond acceptors (Lipinski definition) is 4. The molecule has 5 heteroatoms. The van der Waals surface area contributed by atoms with Crippen LogP contribution in [0.15, 0.2) is 24.3 Å². The van der Waals surface area contributed by atoms with Crippen LogP contribution in [0.5, 0.6) is 0 Å². The maximum atomic E-state index is 11.9. The number of nitrogens with one attached hydrogen (secondary N) is 1. The summed E-state index contributed by atoms with van der Waals surface area (Å²) in [5, 5.41) is 2.89. The van der Waals surface area contributed by atoms with Crippen molar-refractivity contribution in [3.8, 4) is 0 Å². The zero-order valence-electron chi connectivity index (χ0n) is 11.1. The fraction of sp³-hybridized carbons (Fsp3) is 0.462. The topological polar surface area (TPSA) is 58.4 Å². The normalized spacial score (nSPS) is 12.0. The Morgan fingerprint density at radius 2 is 2.11 bits per heavy atom. The van der Waals surface area contributed by atoms with Crippen LogP contribution < -0.4 is 16.0 Å². The third-order valence-electron chi connectivity index (χ3n) is 2.61. The van der Waals surface area contributed by atoms with Gasteiger partial charge in [0.15, 0.2) is 0 Å². The smallest absolute Gasteiger partial charge is 0.241 e. The van der Waals surface area contributed by atoms with E-state index < -0.39 is 6.04 Å². The summed E-state index contributed by atoms with van der Waals surface area (Å²) in [6, 6.07) is 7.24. The van der Waals surface area contributed by atoms with E-state index in [4.69, 9.17) is 5.73 Å². The van der Waals surface area contributed by atoms with Gasteiger partial charge in [-0.25, -0.2) is 0 Å². The van der Waals surface area contributed by atoms with Crippen LogP contribution >= 0.6 is 11.8 Å². The van der Waals surface area contributed by atoms with Crippen LogP contribution in [0.4, 0.5) is 11.4 Å². The van der Waals surface area contributed by atoms with E-state index in [-0.39, 0.29) is 5.91 Å². The number of benzene rings is 1. The minimum absolute atomic E-state index is 0.127. The molecule has 1 rings (SSSR count). The monoisotopic (exact) mass is 267 g/mol. The van der Waals surface area contributed by atoms with E-state index >= 15 is 0 Å². The number of nitrogens with zero attached hydrogens (tertiary/aromatic N) is 1. The molecule has 1 amide bonds. The second kappa shape index (κ2) is 7.28. The highest BCUT2D eigenvalue weighted by molar-refractivity contribution is 7.98. The van der Waals surface area contributed by atoms with Gasteiger partial charge in [0.05, 0.1) is 17.4 Å². The molecular formula is C13H21N3OS. The minimum Gasteiger partial charge on any atom is -0.376 e. The van der Waals surface area contributed by atoms with E-state index in [0.29, 0.717) is 6.42 Å². The van der Waals surface area contributed by atoms with Crippen LogP contribution in [-0.4, -0.2) is 38.1 Å². The molecule has 0 spiro atoms. The summed E-state index contributed by atoms with van der Waals surface area (Å²) in [6.07, 6.45) is 2.70. The minimum atomic E-state index is -0.451. The van der Waals surface area contributed by atoms with E-state index in [2.05, 4.69) is 5.32 Å². The lowest BCUT2D eigenvalue weighted by Gasteiger charge is -2.19. The van der Waals surface area contributed by atoms with Crippen molar-refractivity contribution in [2.75, 3.05) is 36.3 Å². The maximum Gasteiger partial charge on any atom is 0.241 e. The van der Waals surface area contributed by atoms with E-state index in [1.165, 1.54) is 0 Å². The first-order valence-electron chi connectivity index (χ1n) is 5.88. The average molecular weight is 267 g/mol. The molecule has 0 unspecified atom stereocenters. The van der Waals surface area contributed by atoms with Gasteiger partial charge in [-0.05, 0) is 30.6 Å². The Balaban J connectivity index is 2.69. The number of thioether (sulfide) groups is 1. The molecule has 0 aliphatic rings. The van der Waals surface area contributed by atoms with Crippen LogP contribution in [0.3, 0.4) is 0 Å². The number of nitrogens with two attached hydrogens (primary N) is 1. The third kappa shape index (κ3) is 4.23. The summed E-state index contributed by atoms with van der Waals surface area (Å²) in [6.45, 7) is 0. The van der Waals surface area contributed by atoms with Gasteiger partial charge in [0.2, 0.25) is 5.91 Å². The predicted octanol–water partition coefficient (Wildman–Crippen LogP) is 1.77. The highest BCUT2D eigenvalue weighted by Crippen LogP contribution is 2.23. The van der Waals surface area contributed by atoms with Crippen molar-refractivity contribution in [3.05, 3.63) is 24.3 Å². The molecule has 0 aromatic heterocycles. The van der Waals surface area contributed by atoms with E-state index in [1.54, 1.807) is 11.8 Å². The Morgan fingerprint density at radius 1 is 1.44 bits per heavy atom. The third-order valence-corrected chi connectivity index (χ3v) is 3.26. The van der Waals surface area contributed by atoms with Gasteiger partial charge in [-0.2, -0.15) is 11.8 Å². The van der Waals surface area contributed by atoms with Gasteiger partial charge in [-0.15, -0.1) is 0 Å². The second-order valence-corrected chi connectivity index (χ2v) is 5.27. The summed E-state index contributed by atoms with van der Waals surface area (Å²) in [5.74, 6) is 0.766. The molecule has 0 heterocycles. The van der Waals surface area contributed by atoms with Crippen molar-refractivity contribution in [2.45, 2.75) is 12.5 Å². The molecule has 1 aromatic carbocycles. The molecule has 0 aliphatic heterocycles. The van der Waals surface area contributed by atoms with E-state index in [9.17, 15) is 4.79 Å². The Kier molecular flexibility index (Phi) is 6.01. The number of carbonyl (C=O) groups is 1. The van der Waals surface area contributed by atoms with Crippen LogP contribution in [0.25, 0.3) is 0 Å². The lowest BCUT2D eigenvalue weighted by molar-refractivity contribution is -0.117. The summed E-state index contributed by atoms with van der Waals surface area (Å²) in [4.78, 5) is 13.9. The fourth-order valence-corrected chi connectivity index (χ4v) is 2.06. The van der Waals surface area contributed by atoms with Crippen molar-refractivity contribution >= 4 is 29.0 Å². The van der Waals surface area contributed by atoms with Crippen molar-refractivity contribution in [2.24, 2.45) is 5.73 Å². The lowest BCUT2D eigenvalue weighted by atomic mass is 10.2. The standard InChI is InChI=1S/C13H21N3OS/c1-16(2)12-7-5-4-6-11(12)15-13(17)10(14)8-9-18-3/h4-7,10H,8-9,14H2,1-3H3,(H,15,17)/t10-/m0/s1. The van der Waals surface area contributed by atoms with Gasteiger partial charge < -0.3 is 16.0 Å². The summed E-state index contributed by atoms with van der Waals surface area (Å²) in [7, 11) is 3.89. The maximum absolute atomic E-state index is 11.9. The molecule has 0 aliphatic carbocycles. The van der Waals surface area contributed by atoms with Crippen molar-refractivity contribution in [3.63, 3.8) is 0 Å². The molecule has 0 radical (unpaired) electrons. The molecule has 4 nitrogen and oxygen atoms in total. The van der Waals surface area contributed by atoms with Crippen LogP contribution in [0.1, 0.15) is 6.42 Å². The molecule has 0 fully saturated rings. The summed E-state index contributed by atoms with van der Waals surface area (Å²) < 4.78 is 0. The predicted molar refractivity (Wildman–Crippen MR) is 80.4 cm³/mol. The Hall–Kier alpha value is -1.20. The van der Waals surface area contributed by atoms with E-state index in [0.717, 1.165) is 17.1 Å². The molecule has 0 saturated carbocycles. The largest absolute Gasteiger partial charge is 0.376 e. The van der Waals surface area contributed by atoms with Crippen molar-refractivity contribution in [1.29, 1.82) is 0 Å². The molecular weight excluding hydrogens is 246 g/mol. The zero-order chi connectivity index (χ0) is 13.5. The van der Waals surface area contributed by atoms with Crippen LogP contribution in [0, 0.1) is 0 Å². The van der Waals surface area contributed by atoms with Gasteiger partial charge in [0, 0.05) is 14.1 Å². The van der Waals surface area contributed by atoms with Crippen LogP contribution in [0.2, 0.25) is 0 Å². The molecule has 3 N–H and O–H groups in total. The van der Waals surface area contributed by atoms with Gasteiger partial charge in [-0.3, -0.25) is 4.79 Å². The van der Waals surface area contributed by atoms with Gasteiger partial charge in [0.1, 0.15) is 0 Å². The Morgan fingerprint density at radius 3 is 2.72 bits per heavy atom. The number of anilines is 2. The molecule has 18 heavy (non-hydrogen) atoms. The first-order chi connectivity index (χ1) is 8.56. The summed E-state index contributed by atoms with van der Waals surface area (Å²) in [5.41, 5.74) is 7.61. The second-order valence-electron chi connectivity index (χ2n) is 4.29. The Labute approximate surface area is 113 Å². The van der Waals surface area contributed by atoms with Gasteiger partial charge in [0.25, 0.3) is 0 Å². The first-order valence-corrected chi connectivity index (χ1v) is 7.27. The first kappa shape index (κ1) is 14.9. The molecule has 1 aromatic rings. The number of rotatable bonds is 6. The number of carbonyl (C=O) groups excluding carboxylic acids is 1. The highest BCUT2D eigenvalue weighted by atomic mass is 32.2. The molecule has 0 bridgehead atoms. The SMILES string of the molecule is CSCC[C@H](N)C(=O)Nc1ccccc1N(C)C. The Bertz CT molecular complexity index is 396. The van der Waals surface area contributed by atoms with E-state index in [1.807, 2.05) is 49.5 Å². The number of hydrogen-bond donors (Lipinski definition) is 2. The molecule has 1 atom stereocenters. The van der Waals surface area contributed by atoms with Crippen molar-refractivity contribution in [1.82, 2.24) is 0 Å². The molecule has 100 valence electrons. The van der Waals surface area contributed by atoms with Crippen molar-refractivity contribution < 1.29 is 4.79 Å². The summed E-state index contributed by atoms with van der Waals surface area (Å²) >= 11 is 1.69. The van der Waals surface area contributed by atoms with Crippen LogP contribution in [-0.2, 0) is 4.79 Å². The highest BCUT2D eigenvalue weighted by Gasteiger charge is 2.14. The number of amides is 1. The average Bonchev–Trinajstić information content (AvgIpc) is 2.36. The van der Waals surface area contributed by atoms with Gasteiger partial charge >= 0.3 is 0 Å². The zero-order valence-corrected chi connectivity index (χ0v) is 12.0. The van der Waals surface area contributed by atoms with Gasteiger partial charge in [-0.1, -0.05) is 12.1 Å². The quantitative estimate of drug-likeness (QED) is 0.825. The number of para-hydroxylation sites is 2.